The largest absolute Gasteiger partial charge is 0.454 e. The zero-order valence-electron chi connectivity index (χ0n) is 25.1. The molecule has 3 N–H and O–H groups in total. The van der Waals surface area contributed by atoms with Crippen molar-refractivity contribution in [3.63, 3.8) is 0 Å². The van der Waals surface area contributed by atoms with E-state index in [1.54, 1.807) is 12.3 Å². The van der Waals surface area contributed by atoms with Gasteiger partial charge in [-0.3, -0.25) is 9.69 Å². The maximum Gasteiger partial charge on any atom is 0.231 e. The van der Waals surface area contributed by atoms with Crippen molar-refractivity contribution in [2.24, 2.45) is 0 Å². The van der Waals surface area contributed by atoms with Gasteiger partial charge in [0.1, 0.15) is 0 Å². The number of anilines is 2. The van der Waals surface area contributed by atoms with Crippen molar-refractivity contribution < 1.29 is 19.4 Å². The van der Waals surface area contributed by atoms with Crippen LogP contribution in [-0.4, -0.2) is 90.9 Å². The van der Waals surface area contributed by atoms with Gasteiger partial charge in [0.2, 0.25) is 12.7 Å². The molecule has 1 saturated heterocycles. The summed E-state index contributed by atoms with van der Waals surface area (Å²) in [5.41, 5.74) is 4.28. The Morgan fingerprint density at radius 2 is 1.68 bits per heavy atom. The van der Waals surface area contributed by atoms with E-state index >= 15 is 0 Å². The predicted molar refractivity (Wildman–Crippen MR) is 174 cm³/mol. The molecule has 0 bridgehead atoms. The first-order valence-electron chi connectivity index (χ1n) is 15.0. The first-order chi connectivity index (χ1) is 21.6. The van der Waals surface area contributed by atoms with Gasteiger partial charge in [0.15, 0.2) is 17.8 Å². The number of carbonyl (C=O) groups is 1. The maximum absolute atomic E-state index is 10.9. The van der Waals surface area contributed by atoms with Gasteiger partial charge in [0.05, 0.1) is 22.1 Å². The predicted octanol–water partition coefficient (Wildman–Crippen LogP) is 4.44. The van der Waals surface area contributed by atoms with Gasteiger partial charge >= 0.3 is 0 Å². The van der Waals surface area contributed by atoms with Crippen LogP contribution >= 0.6 is 11.3 Å². The molecular weight excluding hydrogens is 576 g/mol. The van der Waals surface area contributed by atoms with Gasteiger partial charge in [0.25, 0.3) is 0 Å². The maximum atomic E-state index is 10.9. The van der Waals surface area contributed by atoms with Crippen LogP contribution in [0, 0.1) is 0 Å². The Bertz CT molecular complexity index is 1470. The van der Waals surface area contributed by atoms with Crippen molar-refractivity contribution in [2.75, 3.05) is 65.0 Å². The van der Waals surface area contributed by atoms with E-state index in [1.807, 2.05) is 37.4 Å². The van der Waals surface area contributed by atoms with Crippen LogP contribution in [0.2, 0.25) is 0 Å². The molecule has 0 aliphatic carbocycles. The molecule has 44 heavy (non-hydrogen) atoms. The normalized spacial score (nSPS) is 14.6. The lowest BCUT2D eigenvalue weighted by Crippen LogP contribution is -2.47. The Labute approximate surface area is 262 Å². The molecule has 0 radical (unpaired) electrons. The summed E-state index contributed by atoms with van der Waals surface area (Å²) in [6.07, 6.45) is 4.78. The summed E-state index contributed by atoms with van der Waals surface area (Å²) in [6.45, 7) is 7.63. The van der Waals surface area contributed by atoms with E-state index in [-0.39, 0.29) is 6.61 Å². The second kappa shape index (κ2) is 16.3. The van der Waals surface area contributed by atoms with Gasteiger partial charge < -0.3 is 30.1 Å². The van der Waals surface area contributed by atoms with Gasteiger partial charge in [0, 0.05) is 51.2 Å². The van der Waals surface area contributed by atoms with E-state index in [0.717, 1.165) is 92.7 Å². The number of nitrogens with zero attached hydrogens (tertiary/aromatic N) is 4. The van der Waals surface area contributed by atoms with Crippen LogP contribution in [0.1, 0.15) is 27.2 Å². The van der Waals surface area contributed by atoms with E-state index in [9.17, 15) is 4.79 Å². The lowest BCUT2D eigenvalue weighted by atomic mass is 10.1. The molecule has 10 nitrogen and oxygen atoms in total. The van der Waals surface area contributed by atoms with E-state index in [0.29, 0.717) is 17.6 Å². The van der Waals surface area contributed by atoms with Crippen LogP contribution in [0.15, 0.2) is 66.9 Å². The molecule has 0 atom stereocenters. The van der Waals surface area contributed by atoms with Crippen LogP contribution < -0.4 is 20.1 Å². The Kier molecular flexibility index (Phi) is 11.7. The molecule has 2 aromatic heterocycles. The Morgan fingerprint density at radius 1 is 0.932 bits per heavy atom. The van der Waals surface area contributed by atoms with Crippen LogP contribution in [0.4, 0.5) is 11.6 Å². The van der Waals surface area contributed by atoms with Crippen molar-refractivity contribution in [3.05, 3.63) is 82.9 Å². The van der Waals surface area contributed by atoms with E-state index in [2.05, 4.69) is 54.7 Å². The zero-order chi connectivity index (χ0) is 30.6. The van der Waals surface area contributed by atoms with E-state index < -0.39 is 0 Å². The number of hydrogen-bond donors (Lipinski definition) is 3. The number of thiophene rings is 1. The Morgan fingerprint density at radius 3 is 2.41 bits per heavy atom. The number of benzene rings is 2. The molecule has 1 fully saturated rings. The van der Waals surface area contributed by atoms with Gasteiger partial charge in [-0.25, -0.2) is 9.97 Å². The standard InChI is InChI=1S/C24H29N5O2S.C9H11NO2/c30-17-16-29-14-12-28(13-15-29)11-1-2-19-3-5-20(6-4-19)26-24-25-10-9-22(27-24)23-8-7-21(18-31)32-23;1-10-5-7-2-3-8-9(4-7)12-6-11-8/h3-10,18,30H,1-2,11-17H2,(H,25,26,27);2-4,10H,5-6H2,1H3. The summed E-state index contributed by atoms with van der Waals surface area (Å²) in [5.74, 6) is 2.23. The third-order valence-electron chi connectivity index (χ3n) is 7.50. The summed E-state index contributed by atoms with van der Waals surface area (Å²) < 4.78 is 10.4. The number of rotatable bonds is 12. The summed E-state index contributed by atoms with van der Waals surface area (Å²) >= 11 is 1.42. The number of β-amino-alcohol motifs (C(OH)–C–C–N with tert-alkyl or cyclic N) is 1. The molecule has 2 aromatic carbocycles. The molecule has 2 aliphatic heterocycles. The van der Waals surface area contributed by atoms with Crippen molar-refractivity contribution in [1.82, 2.24) is 25.1 Å². The number of ether oxygens (including phenoxy) is 2. The molecule has 0 saturated carbocycles. The van der Waals surface area contributed by atoms with Crippen LogP contribution in [-0.2, 0) is 13.0 Å². The minimum atomic E-state index is 0.249. The number of aromatic nitrogens is 2. The van der Waals surface area contributed by atoms with E-state index in [1.165, 1.54) is 22.5 Å². The highest BCUT2D eigenvalue weighted by molar-refractivity contribution is 7.17. The number of piperazine rings is 1. The fraction of sp³-hybridized carbons (Fsp3) is 0.364. The van der Waals surface area contributed by atoms with Crippen molar-refractivity contribution in [3.8, 4) is 22.1 Å². The molecule has 11 heteroatoms. The monoisotopic (exact) mass is 616 g/mol. The van der Waals surface area contributed by atoms with Gasteiger partial charge in [-0.2, -0.15) is 0 Å². The SMILES string of the molecule is CNCc1ccc2c(c1)OCO2.O=Cc1ccc(-c2ccnc(Nc3ccc(CCCN4CCN(CCO)CC4)cc3)n2)s1. The highest BCUT2D eigenvalue weighted by atomic mass is 32.1. The Hall–Kier alpha value is -3.87. The molecule has 4 aromatic rings. The second-order valence-corrected chi connectivity index (χ2v) is 11.8. The van der Waals surface area contributed by atoms with E-state index in [4.69, 9.17) is 14.6 Å². The summed E-state index contributed by atoms with van der Waals surface area (Å²) in [6, 6.07) is 20.0. The highest BCUT2D eigenvalue weighted by Gasteiger charge is 2.16. The quantitative estimate of drug-likeness (QED) is 0.198. The molecule has 0 spiro atoms. The number of aldehydes is 1. The summed E-state index contributed by atoms with van der Waals surface area (Å²) in [5, 5.41) is 15.4. The minimum absolute atomic E-state index is 0.249. The smallest absolute Gasteiger partial charge is 0.231 e. The number of aliphatic hydroxyl groups is 1. The lowest BCUT2D eigenvalue weighted by molar-refractivity contribution is 0.112. The number of carbonyl (C=O) groups excluding carboxylic acids is 1. The number of fused-ring (bicyclic) bond motifs is 1. The molecule has 2 aliphatic rings. The molecule has 6 rings (SSSR count). The highest BCUT2D eigenvalue weighted by Crippen LogP contribution is 2.32. The van der Waals surface area contributed by atoms with Crippen LogP contribution in [0.5, 0.6) is 11.5 Å². The third kappa shape index (κ3) is 9.07. The number of aliphatic hydroxyl groups excluding tert-OH is 1. The van der Waals surface area contributed by atoms with Crippen molar-refractivity contribution in [1.29, 1.82) is 0 Å². The number of aryl methyl sites for hydroxylation is 1. The minimum Gasteiger partial charge on any atom is -0.454 e. The van der Waals surface area contributed by atoms with Crippen molar-refractivity contribution in [2.45, 2.75) is 19.4 Å². The molecule has 232 valence electrons. The van der Waals surface area contributed by atoms with Crippen LogP contribution in [0.3, 0.4) is 0 Å². The Balaban J connectivity index is 0.000000266. The average molecular weight is 617 g/mol. The molecule has 4 heterocycles. The topological polar surface area (TPSA) is 112 Å². The molecular formula is C33H40N6O4S. The second-order valence-electron chi connectivity index (χ2n) is 10.6. The van der Waals surface area contributed by atoms with Gasteiger partial charge in [-0.1, -0.05) is 18.2 Å². The fourth-order valence-electron chi connectivity index (χ4n) is 5.13. The summed E-state index contributed by atoms with van der Waals surface area (Å²) in [4.78, 5) is 26.3. The lowest BCUT2D eigenvalue weighted by Gasteiger charge is -2.34. The fourth-order valence-corrected chi connectivity index (χ4v) is 5.93. The van der Waals surface area contributed by atoms with Gasteiger partial charge in [-0.05, 0) is 80.0 Å². The first kappa shape index (κ1) is 31.6. The molecule has 0 unspecified atom stereocenters. The average Bonchev–Trinajstić information content (AvgIpc) is 3.74. The molecule has 0 amide bonds. The number of nitrogens with one attached hydrogen (secondary N) is 2. The van der Waals surface area contributed by atoms with Gasteiger partial charge in [-0.15, -0.1) is 11.3 Å². The zero-order valence-corrected chi connectivity index (χ0v) is 25.9. The number of hydrogen-bond acceptors (Lipinski definition) is 11. The summed E-state index contributed by atoms with van der Waals surface area (Å²) in [7, 11) is 1.92. The van der Waals surface area contributed by atoms with Crippen LogP contribution in [0.25, 0.3) is 10.6 Å². The third-order valence-corrected chi connectivity index (χ3v) is 8.53. The van der Waals surface area contributed by atoms with Crippen molar-refractivity contribution >= 4 is 29.3 Å². The first-order valence-corrected chi connectivity index (χ1v) is 15.8.